The van der Waals surface area contributed by atoms with Gasteiger partial charge in [-0.05, 0) is 74.3 Å². The van der Waals surface area contributed by atoms with Crippen molar-refractivity contribution in [3.05, 3.63) is 231 Å². The molecule has 0 aliphatic carbocycles. The average Bonchev–Trinajstić information content (AvgIpc) is 3.81. The van der Waals surface area contributed by atoms with E-state index in [4.69, 9.17) is 0 Å². The minimum absolute atomic E-state index is 1.15. The van der Waals surface area contributed by atoms with Gasteiger partial charge in [-0.3, -0.25) is 0 Å². The van der Waals surface area contributed by atoms with Crippen molar-refractivity contribution in [3.8, 4) is 22.5 Å². The number of para-hydroxylation sites is 3. The third kappa shape index (κ3) is 5.17. The molecule has 0 unspecified atom stereocenters. The highest BCUT2D eigenvalue weighted by Crippen LogP contribution is 2.42. The minimum atomic E-state index is -2.81. The van der Waals surface area contributed by atoms with Crippen LogP contribution in [0.3, 0.4) is 0 Å². The van der Waals surface area contributed by atoms with Crippen LogP contribution in [0.15, 0.2) is 231 Å². The summed E-state index contributed by atoms with van der Waals surface area (Å²) >= 11 is 0. The lowest BCUT2D eigenvalue weighted by Crippen LogP contribution is -2.74. The quantitative estimate of drug-likeness (QED) is 0.114. The molecule has 11 rings (SSSR count). The summed E-state index contributed by atoms with van der Waals surface area (Å²) in [5.41, 5.74) is 9.46. The average molecular weight is 743 g/mol. The summed E-state index contributed by atoms with van der Waals surface area (Å²) in [4.78, 5) is 0. The molecule has 57 heavy (non-hydrogen) atoms. The van der Waals surface area contributed by atoms with Crippen LogP contribution in [0.5, 0.6) is 0 Å². The normalized spacial score (nSPS) is 11.9. The summed E-state index contributed by atoms with van der Waals surface area (Å²) in [6.45, 7) is 0. The van der Waals surface area contributed by atoms with Crippen molar-refractivity contribution in [1.82, 2.24) is 9.13 Å². The molecule has 0 atom stereocenters. The zero-order chi connectivity index (χ0) is 37.8. The molecule has 0 aliphatic rings. The predicted octanol–water partition coefficient (Wildman–Crippen LogP) is 10.9. The predicted molar refractivity (Wildman–Crippen MR) is 244 cm³/mol. The Hall–Kier alpha value is -7.20. The van der Waals surface area contributed by atoms with Gasteiger partial charge in [0.05, 0.1) is 27.8 Å². The number of benzene rings is 9. The van der Waals surface area contributed by atoms with Crippen LogP contribution < -0.4 is 20.7 Å². The molecule has 268 valence electrons. The summed E-state index contributed by atoms with van der Waals surface area (Å²) in [5.74, 6) is 0. The molecule has 0 radical (unpaired) electrons. The van der Waals surface area contributed by atoms with Crippen LogP contribution in [0.2, 0.25) is 0 Å². The Labute approximate surface area is 333 Å². The van der Waals surface area contributed by atoms with E-state index in [-0.39, 0.29) is 0 Å². The van der Waals surface area contributed by atoms with E-state index in [2.05, 4.69) is 240 Å². The van der Waals surface area contributed by atoms with Gasteiger partial charge in [-0.2, -0.15) is 0 Å². The van der Waals surface area contributed by atoms with E-state index in [1.165, 1.54) is 81.2 Å². The molecule has 11 aromatic rings. The lowest BCUT2D eigenvalue weighted by Gasteiger charge is -2.34. The summed E-state index contributed by atoms with van der Waals surface area (Å²) < 4.78 is 5.00. The molecule has 2 nitrogen and oxygen atoms in total. The first-order valence-corrected chi connectivity index (χ1v) is 21.7. The first kappa shape index (κ1) is 33.2. The number of rotatable bonds is 7. The second-order valence-corrected chi connectivity index (χ2v) is 18.7. The van der Waals surface area contributed by atoms with Crippen LogP contribution in [-0.2, 0) is 0 Å². The number of hydrogen-bond acceptors (Lipinski definition) is 0. The summed E-state index contributed by atoms with van der Waals surface area (Å²) in [5, 5.41) is 10.4. The van der Waals surface area contributed by atoms with Gasteiger partial charge in [0.1, 0.15) is 0 Å². The number of hydrogen-bond donors (Lipinski definition) is 0. The number of aromatic nitrogens is 2. The van der Waals surface area contributed by atoms with Crippen molar-refractivity contribution in [3.63, 3.8) is 0 Å². The smallest absolute Gasteiger partial charge is 0.179 e. The molecule has 3 heteroatoms. The molecule has 0 aliphatic heterocycles. The molecule has 0 saturated carbocycles. The fourth-order valence-corrected chi connectivity index (χ4v) is 14.2. The van der Waals surface area contributed by atoms with Gasteiger partial charge in [0.2, 0.25) is 0 Å². The van der Waals surface area contributed by atoms with Crippen molar-refractivity contribution < 1.29 is 0 Å². The summed E-state index contributed by atoms with van der Waals surface area (Å²) in [7, 11) is -2.81. The van der Waals surface area contributed by atoms with E-state index in [1.54, 1.807) is 0 Å². The third-order valence-electron chi connectivity index (χ3n) is 11.8. The van der Waals surface area contributed by atoms with Gasteiger partial charge in [-0.15, -0.1) is 0 Å². The van der Waals surface area contributed by atoms with Crippen molar-refractivity contribution in [2.45, 2.75) is 0 Å². The summed E-state index contributed by atoms with van der Waals surface area (Å²) in [6, 6.07) is 85.3. The second-order valence-electron chi connectivity index (χ2n) is 14.9. The standard InChI is InChI=1S/C54H38N2Si/c1-6-20-39(21-7-1)40-36-52-54(48-31-17-19-33-50(48)55(52)41-22-8-2-9-23-41)53(37-40)56-49-32-18-16-30-46(49)47-35-34-45(38-51(47)56)57(42-24-10-3-11-25-42,43-26-12-4-13-27-43)44-28-14-5-15-29-44/h1-38H. The first-order valence-electron chi connectivity index (χ1n) is 19.7. The van der Waals surface area contributed by atoms with Gasteiger partial charge in [0.15, 0.2) is 8.07 Å². The van der Waals surface area contributed by atoms with E-state index in [1.807, 2.05) is 0 Å². The Morgan fingerprint density at radius 1 is 0.281 bits per heavy atom. The fourth-order valence-electron chi connectivity index (χ4n) is 9.43. The lowest BCUT2D eigenvalue weighted by molar-refractivity contribution is 1.17. The van der Waals surface area contributed by atoms with Gasteiger partial charge in [0.25, 0.3) is 0 Å². The van der Waals surface area contributed by atoms with Crippen LogP contribution in [0.25, 0.3) is 66.1 Å². The topological polar surface area (TPSA) is 9.86 Å². The SMILES string of the molecule is c1ccc(-c2cc(-n3c4ccccc4c4ccc([Si](c5ccccc5)(c5ccccc5)c5ccccc5)cc43)c3c4ccccc4n(-c4ccccc4)c3c2)cc1. The molecule has 2 heterocycles. The Morgan fingerprint density at radius 3 is 1.35 bits per heavy atom. The maximum Gasteiger partial charge on any atom is 0.179 e. The van der Waals surface area contributed by atoms with Crippen molar-refractivity contribution in [1.29, 1.82) is 0 Å². The molecular formula is C54H38N2Si. The third-order valence-corrected chi connectivity index (χ3v) is 16.6. The lowest BCUT2D eigenvalue weighted by atomic mass is 10.0. The fraction of sp³-hybridized carbons (Fsp3) is 0. The largest absolute Gasteiger partial charge is 0.309 e. The Kier molecular flexibility index (Phi) is 7.87. The summed E-state index contributed by atoms with van der Waals surface area (Å²) in [6.07, 6.45) is 0. The Bertz CT molecular complexity index is 3110. The maximum atomic E-state index is 2.56. The molecule has 9 aromatic carbocycles. The van der Waals surface area contributed by atoms with Crippen LogP contribution in [0, 0.1) is 0 Å². The van der Waals surface area contributed by atoms with Gasteiger partial charge in [-0.1, -0.05) is 188 Å². The van der Waals surface area contributed by atoms with Crippen LogP contribution in [0.4, 0.5) is 0 Å². The van der Waals surface area contributed by atoms with Crippen molar-refractivity contribution in [2.75, 3.05) is 0 Å². The molecule has 0 bridgehead atoms. The Balaban J connectivity index is 1.31. The van der Waals surface area contributed by atoms with Gasteiger partial charge in [-0.25, -0.2) is 0 Å². The number of nitrogens with zero attached hydrogens (tertiary/aromatic N) is 2. The van der Waals surface area contributed by atoms with E-state index in [0.29, 0.717) is 0 Å². The van der Waals surface area contributed by atoms with Gasteiger partial charge >= 0.3 is 0 Å². The highest BCUT2D eigenvalue weighted by atomic mass is 28.3. The zero-order valence-corrected chi connectivity index (χ0v) is 32.3. The minimum Gasteiger partial charge on any atom is -0.309 e. The van der Waals surface area contributed by atoms with Crippen LogP contribution in [-0.4, -0.2) is 17.2 Å². The van der Waals surface area contributed by atoms with Crippen molar-refractivity contribution >= 4 is 72.4 Å². The van der Waals surface area contributed by atoms with Crippen molar-refractivity contribution in [2.24, 2.45) is 0 Å². The zero-order valence-electron chi connectivity index (χ0n) is 31.3. The maximum absolute atomic E-state index is 2.81. The second kappa shape index (κ2) is 13.5. The molecular weight excluding hydrogens is 705 g/mol. The Morgan fingerprint density at radius 2 is 0.754 bits per heavy atom. The molecule has 0 N–H and O–H groups in total. The van der Waals surface area contributed by atoms with E-state index in [0.717, 1.165) is 5.69 Å². The van der Waals surface area contributed by atoms with Crippen LogP contribution in [0.1, 0.15) is 0 Å². The monoisotopic (exact) mass is 742 g/mol. The molecule has 0 saturated heterocycles. The van der Waals surface area contributed by atoms with E-state index < -0.39 is 8.07 Å². The number of fused-ring (bicyclic) bond motifs is 6. The molecule has 0 fully saturated rings. The van der Waals surface area contributed by atoms with E-state index in [9.17, 15) is 0 Å². The highest BCUT2D eigenvalue weighted by molar-refractivity contribution is 7.20. The molecule has 2 aromatic heterocycles. The molecule has 0 amide bonds. The van der Waals surface area contributed by atoms with E-state index >= 15 is 0 Å². The molecule has 0 spiro atoms. The van der Waals surface area contributed by atoms with Gasteiger partial charge in [0, 0.05) is 27.2 Å². The van der Waals surface area contributed by atoms with Gasteiger partial charge < -0.3 is 9.13 Å². The first-order chi connectivity index (χ1) is 28.3. The van der Waals surface area contributed by atoms with Crippen LogP contribution >= 0.6 is 0 Å². The highest BCUT2D eigenvalue weighted by Gasteiger charge is 2.41.